The van der Waals surface area contributed by atoms with Gasteiger partial charge in [0.15, 0.2) is 0 Å². The average Bonchev–Trinajstić information content (AvgIpc) is 3.55. The molecule has 1 saturated heterocycles. The molecule has 45 heavy (non-hydrogen) atoms. The molecule has 4 aromatic rings. The van der Waals surface area contributed by atoms with E-state index in [0.29, 0.717) is 24.5 Å². The second-order valence-corrected chi connectivity index (χ2v) is 12.9. The van der Waals surface area contributed by atoms with Crippen LogP contribution in [-0.2, 0) is 16.1 Å². The Kier molecular flexibility index (Phi) is 9.59. The van der Waals surface area contributed by atoms with Gasteiger partial charge in [-0.25, -0.2) is 9.97 Å². The molecule has 1 aliphatic heterocycles. The number of para-hydroxylation sites is 1. The fourth-order valence-corrected chi connectivity index (χ4v) is 6.94. The van der Waals surface area contributed by atoms with Crippen LogP contribution in [0.15, 0.2) is 66.9 Å². The Balaban J connectivity index is 1.13. The number of amides is 1. The number of H-pyrrole nitrogens is 1. The van der Waals surface area contributed by atoms with Crippen LogP contribution in [0.5, 0.6) is 5.88 Å². The van der Waals surface area contributed by atoms with Crippen molar-refractivity contribution < 1.29 is 14.3 Å². The van der Waals surface area contributed by atoms with Gasteiger partial charge >= 0.3 is 0 Å². The Morgan fingerprint density at radius 3 is 2.62 bits per heavy atom. The SMILES string of the molecule is CCC(=O)CCCCC[C@H](NC(=O)[C@H]1CC12CCN(Cc1ccccc1)CC2)c1ncc(-c2cc3ccccc3nc2OC)[nH]1. The number of carbonyl (C=O) groups is 2. The number of rotatable bonds is 14. The summed E-state index contributed by atoms with van der Waals surface area (Å²) in [6.45, 7) is 4.95. The first-order valence-corrected chi connectivity index (χ1v) is 16.6. The molecule has 0 unspecified atom stereocenters. The number of methoxy groups -OCH3 is 1. The fraction of sp³-hybridized carbons (Fsp3) is 0.459. The standard InChI is InChI=1S/C37H45N5O3/c1-3-28(43)15-8-5-9-17-32(34-38-24-33(39-34)29-22-27-14-10-11-16-31(27)41-36(29)45-2)40-35(44)30-23-37(30)18-20-42(21-19-37)25-26-12-6-4-7-13-26/h4,6-7,10-14,16,22,24,30,32H,3,5,8-9,15,17-21,23,25H2,1-2H3,(H,38,39)(H,40,44)/t30-,32+/m1/s1. The number of hydrogen-bond donors (Lipinski definition) is 2. The highest BCUT2D eigenvalue weighted by atomic mass is 16.5. The van der Waals surface area contributed by atoms with Gasteiger partial charge in [-0.1, -0.05) is 68.3 Å². The molecule has 2 atom stereocenters. The van der Waals surface area contributed by atoms with E-state index in [9.17, 15) is 9.59 Å². The minimum absolute atomic E-state index is 0.0558. The molecule has 2 aromatic carbocycles. The number of aromatic amines is 1. The van der Waals surface area contributed by atoms with E-state index in [1.807, 2.05) is 37.4 Å². The largest absolute Gasteiger partial charge is 0.480 e. The van der Waals surface area contributed by atoms with Gasteiger partial charge in [0.25, 0.3) is 0 Å². The highest BCUT2D eigenvalue weighted by molar-refractivity contribution is 5.85. The quantitative estimate of drug-likeness (QED) is 0.149. The van der Waals surface area contributed by atoms with Crippen LogP contribution in [0.1, 0.15) is 82.1 Å². The highest BCUT2D eigenvalue weighted by Crippen LogP contribution is 2.59. The van der Waals surface area contributed by atoms with Crippen LogP contribution in [0.2, 0.25) is 0 Å². The van der Waals surface area contributed by atoms with Crippen molar-refractivity contribution >= 4 is 22.6 Å². The van der Waals surface area contributed by atoms with Crippen LogP contribution in [-0.4, -0.2) is 51.7 Å². The first-order chi connectivity index (χ1) is 22.0. The molecule has 8 nitrogen and oxygen atoms in total. The summed E-state index contributed by atoms with van der Waals surface area (Å²) in [5.74, 6) is 1.78. The van der Waals surface area contributed by atoms with Gasteiger partial charge in [-0.05, 0) is 68.3 Å². The molecule has 1 amide bonds. The number of imidazole rings is 1. The zero-order valence-electron chi connectivity index (χ0n) is 26.6. The van der Waals surface area contributed by atoms with E-state index in [1.165, 1.54) is 5.56 Å². The van der Waals surface area contributed by atoms with Crippen molar-refractivity contribution in [3.05, 3.63) is 78.2 Å². The number of ketones is 1. The summed E-state index contributed by atoms with van der Waals surface area (Å²) >= 11 is 0. The summed E-state index contributed by atoms with van der Waals surface area (Å²) < 4.78 is 5.65. The number of nitrogens with zero attached hydrogens (tertiary/aromatic N) is 3. The molecule has 1 spiro atoms. The molecular weight excluding hydrogens is 562 g/mol. The number of benzene rings is 2. The summed E-state index contributed by atoms with van der Waals surface area (Å²) in [4.78, 5) is 41.0. The molecule has 2 aromatic heterocycles. The van der Waals surface area contributed by atoms with Gasteiger partial charge in [-0.3, -0.25) is 14.5 Å². The van der Waals surface area contributed by atoms with E-state index in [2.05, 4.69) is 51.6 Å². The Morgan fingerprint density at radius 2 is 1.84 bits per heavy atom. The van der Waals surface area contributed by atoms with Crippen LogP contribution >= 0.6 is 0 Å². The number of hydrogen-bond acceptors (Lipinski definition) is 6. The number of ether oxygens (including phenoxy) is 1. The second-order valence-electron chi connectivity index (χ2n) is 12.9. The van der Waals surface area contributed by atoms with E-state index >= 15 is 0 Å². The van der Waals surface area contributed by atoms with Gasteiger partial charge in [0, 0.05) is 30.7 Å². The normalized spacial score (nSPS) is 18.1. The number of unbranched alkanes of at least 4 members (excludes halogenated alkanes) is 2. The predicted octanol–water partition coefficient (Wildman–Crippen LogP) is 7.02. The van der Waals surface area contributed by atoms with E-state index < -0.39 is 0 Å². The summed E-state index contributed by atoms with van der Waals surface area (Å²) in [6.07, 6.45) is 9.60. The van der Waals surface area contributed by atoms with E-state index in [1.54, 1.807) is 7.11 Å². The van der Waals surface area contributed by atoms with Crippen molar-refractivity contribution in [2.75, 3.05) is 20.2 Å². The van der Waals surface area contributed by atoms with Crippen molar-refractivity contribution in [2.24, 2.45) is 11.3 Å². The molecule has 236 valence electrons. The average molecular weight is 608 g/mol. The van der Waals surface area contributed by atoms with Gasteiger partial charge in [-0.2, -0.15) is 0 Å². The third kappa shape index (κ3) is 7.28. The minimum Gasteiger partial charge on any atom is -0.480 e. The zero-order chi connectivity index (χ0) is 31.2. The maximum absolute atomic E-state index is 13.7. The first kappa shape index (κ1) is 31.0. The predicted molar refractivity (Wildman–Crippen MR) is 177 cm³/mol. The van der Waals surface area contributed by atoms with E-state index in [4.69, 9.17) is 14.7 Å². The maximum Gasteiger partial charge on any atom is 0.224 e. The van der Waals surface area contributed by atoms with Gasteiger partial charge in [0.05, 0.1) is 36.1 Å². The topological polar surface area (TPSA) is 100 Å². The van der Waals surface area contributed by atoms with E-state index in [0.717, 1.165) is 92.6 Å². The Labute approximate surface area is 266 Å². The molecule has 1 aliphatic carbocycles. The number of fused-ring (bicyclic) bond motifs is 1. The van der Waals surface area contributed by atoms with Gasteiger partial charge in [0.1, 0.15) is 11.6 Å². The third-order valence-electron chi connectivity index (χ3n) is 9.86. The molecule has 1 saturated carbocycles. The second kappa shape index (κ2) is 13.9. The molecule has 2 N–H and O–H groups in total. The number of pyridine rings is 1. The van der Waals surface area contributed by atoms with Crippen LogP contribution in [0, 0.1) is 11.3 Å². The Morgan fingerprint density at radius 1 is 1.07 bits per heavy atom. The summed E-state index contributed by atoms with van der Waals surface area (Å²) in [5.41, 5.74) is 3.98. The van der Waals surface area contributed by atoms with Crippen molar-refractivity contribution in [3.63, 3.8) is 0 Å². The monoisotopic (exact) mass is 607 g/mol. The van der Waals surface area contributed by atoms with Crippen molar-refractivity contribution in [2.45, 2.75) is 77.3 Å². The fourth-order valence-electron chi connectivity index (χ4n) is 6.94. The van der Waals surface area contributed by atoms with Gasteiger partial charge < -0.3 is 15.0 Å². The number of Topliss-reactive ketones (excluding diaryl/α,β-unsaturated/α-hetero) is 1. The maximum atomic E-state index is 13.7. The van der Waals surface area contributed by atoms with Crippen molar-refractivity contribution in [1.29, 1.82) is 0 Å². The van der Waals surface area contributed by atoms with Crippen LogP contribution in [0.25, 0.3) is 22.2 Å². The Bertz CT molecular complexity index is 1610. The van der Waals surface area contributed by atoms with Crippen LogP contribution in [0.3, 0.4) is 0 Å². The summed E-state index contributed by atoms with van der Waals surface area (Å²) in [7, 11) is 1.63. The minimum atomic E-state index is -0.233. The number of carbonyl (C=O) groups excluding carboxylic acids is 2. The van der Waals surface area contributed by atoms with Crippen LogP contribution < -0.4 is 10.1 Å². The number of piperidine rings is 1. The van der Waals surface area contributed by atoms with Gasteiger partial charge in [-0.15, -0.1) is 0 Å². The summed E-state index contributed by atoms with van der Waals surface area (Å²) in [5, 5.41) is 4.41. The smallest absolute Gasteiger partial charge is 0.224 e. The molecule has 6 rings (SSSR count). The lowest BCUT2D eigenvalue weighted by Crippen LogP contribution is -2.37. The molecule has 0 bridgehead atoms. The lowest BCUT2D eigenvalue weighted by Gasteiger charge is -2.33. The molecule has 2 fully saturated rings. The first-order valence-electron chi connectivity index (χ1n) is 16.6. The lowest BCUT2D eigenvalue weighted by molar-refractivity contribution is -0.124. The van der Waals surface area contributed by atoms with Crippen molar-refractivity contribution in [3.8, 4) is 17.1 Å². The van der Waals surface area contributed by atoms with Gasteiger partial charge in [0.2, 0.25) is 11.8 Å². The Hall–Kier alpha value is -4.04. The molecule has 2 aliphatic rings. The van der Waals surface area contributed by atoms with Crippen molar-refractivity contribution in [1.82, 2.24) is 25.2 Å². The molecular formula is C37H45N5O3. The van der Waals surface area contributed by atoms with Crippen LogP contribution in [0.4, 0.5) is 0 Å². The highest BCUT2D eigenvalue weighted by Gasteiger charge is 2.58. The number of nitrogens with one attached hydrogen (secondary N) is 2. The lowest BCUT2D eigenvalue weighted by atomic mass is 9.90. The zero-order valence-corrected chi connectivity index (χ0v) is 26.6. The summed E-state index contributed by atoms with van der Waals surface area (Å²) in [6, 6.07) is 20.4. The number of aromatic nitrogens is 3. The number of likely N-dealkylation sites (tertiary alicyclic amines) is 1. The molecule has 0 radical (unpaired) electrons. The molecule has 8 heteroatoms. The third-order valence-corrected chi connectivity index (χ3v) is 9.86. The van der Waals surface area contributed by atoms with E-state index in [-0.39, 0.29) is 23.3 Å². The molecule has 3 heterocycles.